The zero-order valence-electron chi connectivity index (χ0n) is 25.6. The van der Waals surface area contributed by atoms with E-state index in [2.05, 4.69) is 25.5 Å². The van der Waals surface area contributed by atoms with E-state index < -0.39 is 35.1 Å². The first-order valence-electron chi connectivity index (χ1n) is 15.1. The summed E-state index contributed by atoms with van der Waals surface area (Å²) in [6.45, 7) is 5.46. The fourth-order valence-corrected chi connectivity index (χ4v) is 5.77. The van der Waals surface area contributed by atoms with Crippen LogP contribution >= 0.6 is 0 Å². The van der Waals surface area contributed by atoms with Crippen LogP contribution < -0.4 is 15.5 Å². The Morgan fingerprint density at radius 1 is 1.09 bits per heavy atom. The normalized spacial score (nSPS) is 16.9. The van der Waals surface area contributed by atoms with Crippen LogP contribution in [0.4, 0.5) is 29.5 Å². The third-order valence-corrected chi connectivity index (χ3v) is 8.21. The molecular weight excluding hydrogens is 619 g/mol. The lowest BCUT2D eigenvalue weighted by molar-refractivity contribution is -0.141. The second kappa shape index (κ2) is 12.4. The minimum absolute atomic E-state index is 0.0131. The van der Waals surface area contributed by atoms with Gasteiger partial charge in [-0.3, -0.25) is 24.7 Å². The topological polar surface area (TPSA) is 154 Å². The van der Waals surface area contributed by atoms with E-state index in [0.29, 0.717) is 34.9 Å². The van der Waals surface area contributed by atoms with E-state index in [0.717, 1.165) is 43.6 Å². The van der Waals surface area contributed by atoms with Crippen molar-refractivity contribution in [2.75, 3.05) is 29.9 Å². The maximum atomic E-state index is 13.2. The fourth-order valence-electron chi connectivity index (χ4n) is 5.77. The number of urea groups is 1. The summed E-state index contributed by atoms with van der Waals surface area (Å²) in [5.74, 6) is -0.161. The third-order valence-electron chi connectivity index (χ3n) is 8.21. The molecular formula is C32H32F3N7O5. The highest BCUT2D eigenvalue weighted by Crippen LogP contribution is 2.36. The van der Waals surface area contributed by atoms with Crippen LogP contribution in [-0.2, 0) is 23.1 Å². The zero-order valence-corrected chi connectivity index (χ0v) is 25.6. The Bertz CT molecular complexity index is 1840. The van der Waals surface area contributed by atoms with Gasteiger partial charge in [-0.15, -0.1) is 0 Å². The van der Waals surface area contributed by atoms with Gasteiger partial charge in [-0.2, -0.15) is 13.2 Å². The van der Waals surface area contributed by atoms with Gasteiger partial charge in [0.2, 0.25) is 5.91 Å². The van der Waals surface area contributed by atoms with Crippen LogP contribution in [0.2, 0.25) is 0 Å². The summed E-state index contributed by atoms with van der Waals surface area (Å²) < 4.78 is 45.6. The summed E-state index contributed by atoms with van der Waals surface area (Å²) >= 11 is 0. The predicted octanol–water partition coefficient (Wildman–Crippen LogP) is 4.94. The summed E-state index contributed by atoms with van der Waals surface area (Å²) in [6, 6.07) is 9.43. The van der Waals surface area contributed by atoms with Crippen LogP contribution in [0, 0.1) is 0 Å². The molecule has 4 aromatic rings. The van der Waals surface area contributed by atoms with Crippen LogP contribution in [0.5, 0.6) is 0 Å². The van der Waals surface area contributed by atoms with Crippen molar-refractivity contribution in [2.45, 2.75) is 57.3 Å². The number of pyridine rings is 2. The van der Waals surface area contributed by atoms with E-state index >= 15 is 0 Å². The maximum absolute atomic E-state index is 13.2. The summed E-state index contributed by atoms with van der Waals surface area (Å²) in [5, 5.41) is 15.8. The van der Waals surface area contributed by atoms with Crippen LogP contribution in [0.3, 0.4) is 0 Å². The number of rotatable bonds is 7. The molecule has 246 valence electrons. The molecule has 0 aliphatic carbocycles. The number of hydrogen-bond acceptors (Lipinski definition) is 9. The van der Waals surface area contributed by atoms with Crippen molar-refractivity contribution < 1.29 is 37.1 Å². The highest BCUT2D eigenvalue weighted by molar-refractivity contribution is 6.05. The number of carbonyl (C=O) groups is 3. The summed E-state index contributed by atoms with van der Waals surface area (Å²) in [5.41, 5.74) is -0.757. The molecule has 0 bridgehead atoms. The summed E-state index contributed by atoms with van der Waals surface area (Å²) in [7, 11) is 0. The van der Waals surface area contributed by atoms with Gasteiger partial charge in [0.15, 0.2) is 11.5 Å². The summed E-state index contributed by atoms with van der Waals surface area (Å²) in [4.78, 5) is 52.9. The number of aliphatic hydroxyl groups is 1. The molecule has 3 N–H and O–H groups in total. The van der Waals surface area contributed by atoms with Crippen molar-refractivity contribution in [1.29, 1.82) is 0 Å². The van der Waals surface area contributed by atoms with Crippen molar-refractivity contribution in [2.24, 2.45) is 0 Å². The van der Waals surface area contributed by atoms with E-state index in [1.165, 1.54) is 30.9 Å². The Hall–Kier alpha value is -4.89. The number of fused-ring (bicyclic) bond motifs is 1. The van der Waals surface area contributed by atoms with Gasteiger partial charge in [-0.1, -0.05) is 6.07 Å². The molecule has 0 radical (unpaired) electrons. The lowest BCUT2D eigenvalue weighted by atomic mass is 9.95. The Morgan fingerprint density at radius 3 is 2.55 bits per heavy atom. The largest absolute Gasteiger partial charge is 0.440 e. The van der Waals surface area contributed by atoms with Gasteiger partial charge in [0.1, 0.15) is 22.7 Å². The van der Waals surface area contributed by atoms with Crippen molar-refractivity contribution in [3.05, 3.63) is 77.1 Å². The van der Waals surface area contributed by atoms with E-state index in [9.17, 15) is 32.7 Å². The molecule has 3 aromatic heterocycles. The molecule has 2 saturated heterocycles. The lowest BCUT2D eigenvalue weighted by Gasteiger charge is -2.31. The first-order chi connectivity index (χ1) is 22.2. The monoisotopic (exact) mass is 651 g/mol. The van der Waals surface area contributed by atoms with Gasteiger partial charge in [-0.25, -0.2) is 19.7 Å². The lowest BCUT2D eigenvalue weighted by Crippen LogP contribution is -2.49. The van der Waals surface area contributed by atoms with Gasteiger partial charge in [0.05, 0.1) is 11.3 Å². The molecule has 5 heterocycles. The number of nitrogens with zero attached hydrogens (tertiary/aromatic N) is 5. The fraction of sp³-hybridized carbons (Fsp3) is 0.375. The molecule has 2 fully saturated rings. The second-order valence-corrected chi connectivity index (χ2v) is 12.2. The van der Waals surface area contributed by atoms with E-state index in [-0.39, 0.29) is 30.5 Å². The van der Waals surface area contributed by atoms with Gasteiger partial charge < -0.3 is 14.8 Å². The molecule has 4 amide bonds. The smallest absolute Gasteiger partial charge is 0.433 e. The number of hydrogen-bond donors (Lipinski definition) is 3. The zero-order chi connectivity index (χ0) is 33.5. The van der Waals surface area contributed by atoms with Crippen molar-refractivity contribution >= 4 is 40.5 Å². The number of halogens is 3. The number of nitrogens with one attached hydrogen (secondary N) is 2. The molecule has 0 saturated carbocycles. The highest BCUT2D eigenvalue weighted by atomic mass is 19.4. The molecule has 0 unspecified atom stereocenters. The molecule has 2 aliphatic heterocycles. The standard InChI is InChI=1S/C32H32F3N7O5/c1-31(2,46)20-15-23-24(16-22(20)38-28(44)21-4-3-5-25(37-21)32(33,34)35)47-29(39-23)19-7-11-41(12-8-19)17-18-6-10-36-26(14-18)42-13-9-27(43)40-30(42)45/h3-6,10,14-16,19,46H,7-9,11-13,17H2,1-2H3,(H,38,44)(H,40,43,45). The molecule has 2 aliphatic rings. The minimum atomic E-state index is -4.71. The highest BCUT2D eigenvalue weighted by Gasteiger charge is 2.33. The maximum Gasteiger partial charge on any atom is 0.433 e. The Balaban J connectivity index is 1.15. The van der Waals surface area contributed by atoms with E-state index in [1.54, 1.807) is 12.3 Å². The minimum Gasteiger partial charge on any atom is -0.440 e. The Morgan fingerprint density at radius 2 is 1.85 bits per heavy atom. The van der Waals surface area contributed by atoms with Crippen LogP contribution in [0.25, 0.3) is 11.1 Å². The molecule has 0 spiro atoms. The molecule has 15 heteroatoms. The average Bonchev–Trinajstić information content (AvgIpc) is 3.43. The number of benzene rings is 1. The van der Waals surface area contributed by atoms with Gasteiger partial charge in [0.25, 0.3) is 5.91 Å². The molecule has 0 atom stereocenters. The molecule has 6 rings (SSSR count). The van der Waals surface area contributed by atoms with Crippen LogP contribution in [-0.4, -0.2) is 62.4 Å². The summed E-state index contributed by atoms with van der Waals surface area (Å²) in [6.07, 6.45) is -1.34. The van der Waals surface area contributed by atoms with Crippen LogP contribution in [0.15, 0.2) is 53.1 Å². The number of imide groups is 1. The molecule has 12 nitrogen and oxygen atoms in total. The van der Waals surface area contributed by atoms with Crippen LogP contribution in [0.1, 0.15) is 72.2 Å². The quantitative estimate of drug-likeness (QED) is 0.252. The van der Waals surface area contributed by atoms with Crippen molar-refractivity contribution in [1.82, 2.24) is 25.2 Å². The Labute approximate surface area is 267 Å². The number of oxazole rings is 1. The number of anilines is 2. The van der Waals surface area contributed by atoms with E-state index in [4.69, 9.17) is 9.40 Å². The first kappa shape index (κ1) is 32.1. The second-order valence-electron chi connectivity index (χ2n) is 12.2. The number of piperidine rings is 1. The number of amides is 4. The SMILES string of the molecule is CC(C)(O)c1cc2nc(C3CCN(Cc4ccnc(N5CCC(=O)NC5=O)c4)CC3)oc2cc1NC(=O)c1cccc(C(F)(F)F)n1. The van der Waals surface area contributed by atoms with E-state index in [1.807, 2.05) is 12.1 Å². The van der Waals surface area contributed by atoms with Gasteiger partial charge in [-0.05, 0) is 75.7 Å². The van der Waals surface area contributed by atoms with Crippen molar-refractivity contribution in [3.63, 3.8) is 0 Å². The predicted molar refractivity (Wildman–Crippen MR) is 163 cm³/mol. The molecule has 1 aromatic carbocycles. The molecule has 47 heavy (non-hydrogen) atoms. The van der Waals surface area contributed by atoms with Crippen molar-refractivity contribution in [3.8, 4) is 0 Å². The number of alkyl halides is 3. The van der Waals surface area contributed by atoms with Gasteiger partial charge >= 0.3 is 12.2 Å². The third kappa shape index (κ3) is 7.10. The van der Waals surface area contributed by atoms with Gasteiger partial charge in [0, 0.05) is 43.3 Å². The number of likely N-dealkylation sites (tertiary alicyclic amines) is 1. The number of aromatic nitrogens is 3. The first-order valence-corrected chi connectivity index (χ1v) is 15.1. The average molecular weight is 652 g/mol. The Kier molecular flexibility index (Phi) is 8.44. The number of carbonyl (C=O) groups excluding carboxylic acids is 3.